The molecule has 6 amide bonds. The number of likely N-dealkylation sites (tertiary alicyclic amines) is 3. The van der Waals surface area contributed by atoms with Crippen molar-refractivity contribution in [1.82, 2.24) is 30.7 Å². The predicted molar refractivity (Wildman–Crippen MR) is 159 cm³/mol. The summed E-state index contributed by atoms with van der Waals surface area (Å²) in [7, 11) is 0. The van der Waals surface area contributed by atoms with Crippen molar-refractivity contribution in [3.8, 4) is 0 Å². The Morgan fingerprint density at radius 1 is 0.625 bits per heavy atom. The van der Waals surface area contributed by atoms with Gasteiger partial charge in [0.1, 0.15) is 42.3 Å². The van der Waals surface area contributed by atoms with Gasteiger partial charge in [-0.1, -0.05) is 0 Å². The van der Waals surface area contributed by atoms with Crippen molar-refractivity contribution in [2.75, 3.05) is 39.5 Å². The zero-order valence-electron chi connectivity index (χ0n) is 26.2. The number of carbonyl (C=O) groups excluding carboxylic acids is 6. The molecule has 7 atom stereocenters. The van der Waals surface area contributed by atoms with Crippen molar-refractivity contribution >= 4 is 47.4 Å². The summed E-state index contributed by atoms with van der Waals surface area (Å²) in [5, 5.41) is 53.6. The third kappa shape index (κ3) is 8.94. The Labute approximate surface area is 274 Å². The molecule has 3 aliphatic heterocycles. The van der Waals surface area contributed by atoms with Gasteiger partial charge in [0.2, 0.25) is 35.4 Å². The van der Waals surface area contributed by atoms with E-state index in [-0.39, 0.29) is 38.9 Å². The van der Waals surface area contributed by atoms with Crippen LogP contribution in [-0.4, -0.2) is 169 Å². The summed E-state index contributed by atoms with van der Waals surface area (Å²) in [6, 6.07) is -9.37. The molecule has 0 unspecified atom stereocenters. The average Bonchev–Trinajstić information content (AvgIpc) is 3.85. The third-order valence-electron chi connectivity index (χ3n) is 8.62. The number of nitrogens with zero attached hydrogens (tertiary/aromatic N) is 3. The number of hydrogen-bond acceptors (Lipinski definition) is 12. The number of carbonyl (C=O) groups is 8. The second-order valence-corrected chi connectivity index (χ2v) is 11.8. The Morgan fingerprint density at radius 2 is 1.08 bits per heavy atom. The molecule has 10 N–H and O–H groups in total. The highest BCUT2D eigenvalue weighted by atomic mass is 16.4. The van der Waals surface area contributed by atoms with Crippen molar-refractivity contribution in [3.63, 3.8) is 0 Å². The molecule has 3 aliphatic rings. The van der Waals surface area contributed by atoms with E-state index in [1.807, 2.05) is 0 Å². The lowest BCUT2D eigenvalue weighted by atomic mass is 10.1. The SMILES string of the molecule is N[C@@H](CO)C(=O)N[C@@H](CC(=O)O)C(=O)N1CCC[C@H]1C(=O)N1CCC[C@H]1C(=O)N[C@@H](CO)C(=O)N1CCC[C@H]1C(=O)N[C@@H](CO)C(=O)O. The number of nitrogens with one attached hydrogen (secondary N) is 3. The van der Waals surface area contributed by atoms with Gasteiger partial charge >= 0.3 is 11.9 Å². The van der Waals surface area contributed by atoms with Gasteiger partial charge in [-0.05, 0) is 38.5 Å². The number of aliphatic hydroxyl groups excluding tert-OH is 3. The van der Waals surface area contributed by atoms with Gasteiger partial charge in [-0.25, -0.2) is 4.79 Å². The molecule has 0 saturated carbocycles. The van der Waals surface area contributed by atoms with Crippen LogP contribution in [0.25, 0.3) is 0 Å². The lowest BCUT2D eigenvalue weighted by Gasteiger charge is -2.33. The van der Waals surface area contributed by atoms with Crippen LogP contribution in [0, 0.1) is 0 Å². The van der Waals surface area contributed by atoms with Crippen LogP contribution in [0.5, 0.6) is 0 Å². The van der Waals surface area contributed by atoms with Crippen LogP contribution in [0.4, 0.5) is 0 Å². The molecule has 0 aromatic heterocycles. The van der Waals surface area contributed by atoms with Crippen molar-refractivity contribution in [1.29, 1.82) is 0 Å². The molecule has 0 spiro atoms. The fourth-order valence-corrected chi connectivity index (χ4v) is 6.13. The van der Waals surface area contributed by atoms with Gasteiger partial charge in [0.15, 0.2) is 0 Å². The number of amides is 6. The summed E-state index contributed by atoms with van der Waals surface area (Å²) in [6.45, 7) is -2.22. The standard InChI is InChI=1S/C28H43N7O13/c29-14(11-36)22(41)30-15(10-21(39)40)25(44)35-9-3-6-20(35)27(46)34-8-2-5-19(34)23(42)31-16(12-37)26(45)33-7-1-4-18(33)24(43)32-17(13-38)28(47)48/h14-20,36-38H,1-13,29H2,(H,30,41)(H,31,42)(H,32,43)(H,39,40)(H,47,48)/t14-,15-,16-,17-,18-,19-,20-/m0/s1. The molecule has 20 heteroatoms. The molecule has 0 aromatic rings. The average molecular weight is 686 g/mol. The highest BCUT2D eigenvalue weighted by molar-refractivity contribution is 5.98. The minimum Gasteiger partial charge on any atom is -0.481 e. The van der Waals surface area contributed by atoms with E-state index < -0.39 is 116 Å². The van der Waals surface area contributed by atoms with Gasteiger partial charge < -0.3 is 61.9 Å². The Balaban J connectivity index is 1.70. The van der Waals surface area contributed by atoms with E-state index in [9.17, 15) is 53.7 Å². The Kier molecular flexibility index (Phi) is 13.6. The fourth-order valence-electron chi connectivity index (χ4n) is 6.13. The van der Waals surface area contributed by atoms with Gasteiger partial charge in [0.25, 0.3) is 0 Å². The molecular formula is C28H43N7O13. The number of rotatable bonds is 15. The highest BCUT2D eigenvalue weighted by Gasteiger charge is 2.45. The first-order valence-corrected chi connectivity index (χ1v) is 15.6. The van der Waals surface area contributed by atoms with Crippen molar-refractivity contribution in [3.05, 3.63) is 0 Å². The Hall–Kier alpha value is -4.40. The fraction of sp³-hybridized carbons (Fsp3) is 0.714. The predicted octanol–water partition coefficient (Wildman–Crippen LogP) is -5.72. The summed E-state index contributed by atoms with van der Waals surface area (Å²) in [5.74, 6) is -7.71. The molecule has 3 fully saturated rings. The summed E-state index contributed by atoms with van der Waals surface area (Å²) >= 11 is 0. The molecule has 3 heterocycles. The summed E-state index contributed by atoms with van der Waals surface area (Å²) in [4.78, 5) is 105. The van der Waals surface area contributed by atoms with Gasteiger partial charge in [0, 0.05) is 19.6 Å². The van der Waals surface area contributed by atoms with Gasteiger partial charge in [-0.3, -0.25) is 33.6 Å². The molecule has 0 aromatic carbocycles. The highest BCUT2D eigenvalue weighted by Crippen LogP contribution is 2.26. The largest absolute Gasteiger partial charge is 0.481 e. The summed E-state index contributed by atoms with van der Waals surface area (Å²) in [5.41, 5.74) is 5.48. The topological polar surface area (TPSA) is 310 Å². The lowest BCUT2D eigenvalue weighted by Crippen LogP contribution is -2.60. The number of carboxylic acids is 2. The molecule has 268 valence electrons. The molecular weight excluding hydrogens is 642 g/mol. The molecule has 0 aliphatic carbocycles. The maximum Gasteiger partial charge on any atom is 0.328 e. The van der Waals surface area contributed by atoms with Crippen LogP contribution in [0.15, 0.2) is 0 Å². The van der Waals surface area contributed by atoms with E-state index in [0.717, 1.165) is 9.80 Å². The normalized spacial score (nSPS) is 23.2. The number of hydrogen-bond donors (Lipinski definition) is 9. The first-order valence-electron chi connectivity index (χ1n) is 15.6. The summed E-state index contributed by atoms with van der Waals surface area (Å²) in [6.07, 6.45) is 0.874. The Morgan fingerprint density at radius 3 is 1.58 bits per heavy atom. The second kappa shape index (κ2) is 17.1. The van der Waals surface area contributed by atoms with E-state index in [1.165, 1.54) is 4.90 Å². The molecule has 3 saturated heterocycles. The molecule has 48 heavy (non-hydrogen) atoms. The maximum atomic E-state index is 13.7. The lowest BCUT2D eigenvalue weighted by molar-refractivity contribution is -0.150. The first kappa shape index (κ1) is 38.1. The van der Waals surface area contributed by atoms with Crippen LogP contribution in [-0.2, 0) is 38.4 Å². The molecule has 3 rings (SSSR count). The number of nitrogens with two attached hydrogens (primary N) is 1. The molecule has 0 radical (unpaired) electrons. The molecule has 0 bridgehead atoms. The quantitative estimate of drug-likeness (QED) is 0.0776. The minimum absolute atomic E-state index is 0.0647. The zero-order chi connectivity index (χ0) is 35.7. The maximum absolute atomic E-state index is 13.7. The van der Waals surface area contributed by atoms with Crippen LogP contribution in [0.2, 0.25) is 0 Å². The number of aliphatic carboxylic acids is 2. The van der Waals surface area contributed by atoms with Crippen molar-refractivity contribution < 1.29 is 63.9 Å². The van der Waals surface area contributed by atoms with E-state index in [4.69, 9.17) is 15.9 Å². The van der Waals surface area contributed by atoms with Crippen LogP contribution >= 0.6 is 0 Å². The number of aliphatic hydroxyl groups is 3. The smallest absolute Gasteiger partial charge is 0.328 e. The third-order valence-corrected chi connectivity index (χ3v) is 8.62. The number of carboxylic acid groups (broad SMARTS) is 2. The molecule has 20 nitrogen and oxygen atoms in total. The van der Waals surface area contributed by atoms with E-state index in [2.05, 4.69) is 16.0 Å². The van der Waals surface area contributed by atoms with E-state index in [1.54, 1.807) is 0 Å². The van der Waals surface area contributed by atoms with Crippen LogP contribution in [0.3, 0.4) is 0 Å². The van der Waals surface area contributed by atoms with Crippen molar-refractivity contribution in [2.24, 2.45) is 5.73 Å². The summed E-state index contributed by atoms with van der Waals surface area (Å²) < 4.78 is 0. The van der Waals surface area contributed by atoms with Crippen LogP contribution < -0.4 is 21.7 Å². The Bertz CT molecular complexity index is 1270. The van der Waals surface area contributed by atoms with Gasteiger partial charge in [0.05, 0.1) is 26.2 Å². The monoisotopic (exact) mass is 685 g/mol. The first-order chi connectivity index (χ1) is 22.7. The van der Waals surface area contributed by atoms with Crippen molar-refractivity contribution in [2.45, 2.75) is 87.2 Å². The van der Waals surface area contributed by atoms with E-state index >= 15 is 0 Å². The van der Waals surface area contributed by atoms with Gasteiger partial charge in [-0.15, -0.1) is 0 Å². The zero-order valence-corrected chi connectivity index (χ0v) is 26.2. The second-order valence-electron chi connectivity index (χ2n) is 11.8. The van der Waals surface area contributed by atoms with E-state index in [0.29, 0.717) is 19.3 Å². The van der Waals surface area contributed by atoms with Gasteiger partial charge in [-0.2, -0.15) is 0 Å². The van der Waals surface area contributed by atoms with Crippen LogP contribution in [0.1, 0.15) is 44.9 Å². The minimum atomic E-state index is -1.59.